The monoisotopic (exact) mass is 332 g/mol. The van der Waals surface area contributed by atoms with Crippen LogP contribution in [0.1, 0.15) is 10.4 Å². The minimum absolute atomic E-state index is 0.0407. The molecule has 1 aromatic carbocycles. The number of amides is 1. The number of nitrogens with one attached hydrogen (secondary N) is 1. The summed E-state index contributed by atoms with van der Waals surface area (Å²) in [4.78, 5) is 21.8. The summed E-state index contributed by atoms with van der Waals surface area (Å²) >= 11 is 12.6. The number of halogens is 2. The minimum Gasteiger partial charge on any atom is -0.506 e. The van der Waals surface area contributed by atoms with Crippen molar-refractivity contribution in [3.8, 4) is 5.75 Å². The first-order valence-corrected chi connectivity index (χ1v) is 6.69. The SMILES string of the molecule is O=C(Nc1ccc([N+](=O)[O-])cc1O)c1cc(Cl)sc1Cl. The van der Waals surface area contributed by atoms with Gasteiger partial charge in [-0.1, -0.05) is 23.2 Å². The van der Waals surface area contributed by atoms with E-state index in [0.29, 0.717) is 4.34 Å². The summed E-state index contributed by atoms with van der Waals surface area (Å²) < 4.78 is 0.571. The van der Waals surface area contributed by atoms with Crippen LogP contribution in [0.5, 0.6) is 5.75 Å². The zero-order valence-corrected chi connectivity index (χ0v) is 11.9. The number of phenolic OH excluding ortho intramolecular Hbond substituents is 1. The van der Waals surface area contributed by atoms with Crippen molar-refractivity contribution < 1.29 is 14.8 Å². The minimum atomic E-state index is -0.652. The van der Waals surface area contributed by atoms with Gasteiger partial charge in [-0.25, -0.2) is 0 Å². The average Bonchev–Trinajstić information content (AvgIpc) is 2.70. The van der Waals surface area contributed by atoms with Crippen molar-refractivity contribution in [1.82, 2.24) is 0 Å². The molecule has 2 aromatic rings. The second-order valence-electron chi connectivity index (χ2n) is 3.65. The fraction of sp³-hybridized carbons (Fsp3) is 0. The molecule has 9 heteroatoms. The molecule has 104 valence electrons. The number of phenols is 1. The van der Waals surface area contributed by atoms with Crippen molar-refractivity contribution in [3.05, 3.63) is 48.6 Å². The van der Waals surface area contributed by atoms with Gasteiger partial charge < -0.3 is 10.4 Å². The van der Waals surface area contributed by atoms with E-state index >= 15 is 0 Å². The molecule has 2 N–H and O–H groups in total. The van der Waals surface area contributed by atoms with E-state index < -0.39 is 16.6 Å². The molecule has 0 atom stereocenters. The molecule has 0 unspecified atom stereocenters. The molecule has 0 aliphatic heterocycles. The van der Waals surface area contributed by atoms with E-state index in [0.717, 1.165) is 23.5 Å². The molecule has 0 saturated carbocycles. The van der Waals surface area contributed by atoms with Gasteiger partial charge in [-0.05, 0) is 12.1 Å². The summed E-state index contributed by atoms with van der Waals surface area (Å²) in [7, 11) is 0. The van der Waals surface area contributed by atoms with Crippen LogP contribution in [0.2, 0.25) is 8.67 Å². The molecule has 0 fully saturated rings. The Labute approximate surface area is 126 Å². The number of anilines is 1. The molecule has 1 heterocycles. The van der Waals surface area contributed by atoms with Gasteiger partial charge >= 0.3 is 0 Å². The lowest BCUT2D eigenvalue weighted by molar-refractivity contribution is -0.384. The topological polar surface area (TPSA) is 92.5 Å². The Kier molecular flexibility index (Phi) is 4.12. The number of non-ortho nitro benzene ring substituents is 1. The first-order valence-electron chi connectivity index (χ1n) is 5.12. The number of nitro groups is 1. The van der Waals surface area contributed by atoms with E-state index in [1.807, 2.05) is 0 Å². The summed E-state index contributed by atoms with van der Waals surface area (Å²) in [6.45, 7) is 0. The summed E-state index contributed by atoms with van der Waals surface area (Å²) in [5, 5.41) is 22.6. The largest absolute Gasteiger partial charge is 0.506 e. The summed E-state index contributed by atoms with van der Waals surface area (Å²) in [6.07, 6.45) is 0. The van der Waals surface area contributed by atoms with Crippen LogP contribution in [-0.2, 0) is 0 Å². The van der Waals surface area contributed by atoms with Crippen molar-refractivity contribution in [3.63, 3.8) is 0 Å². The lowest BCUT2D eigenvalue weighted by Gasteiger charge is -2.06. The van der Waals surface area contributed by atoms with Gasteiger partial charge in [0.2, 0.25) is 0 Å². The second-order valence-corrected chi connectivity index (χ2v) is 5.94. The highest BCUT2D eigenvalue weighted by Crippen LogP contribution is 2.33. The highest BCUT2D eigenvalue weighted by molar-refractivity contribution is 7.20. The van der Waals surface area contributed by atoms with Crippen molar-refractivity contribution in [1.29, 1.82) is 0 Å². The molecule has 6 nitrogen and oxygen atoms in total. The smallest absolute Gasteiger partial charge is 0.273 e. The van der Waals surface area contributed by atoms with Crippen LogP contribution >= 0.6 is 34.5 Å². The van der Waals surface area contributed by atoms with Gasteiger partial charge in [0.25, 0.3) is 11.6 Å². The average molecular weight is 333 g/mol. The van der Waals surface area contributed by atoms with E-state index in [9.17, 15) is 20.0 Å². The first kappa shape index (κ1) is 14.6. The lowest BCUT2D eigenvalue weighted by atomic mass is 10.2. The van der Waals surface area contributed by atoms with Gasteiger partial charge in [0.15, 0.2) is 0 Å². The van der Waals surface area contributed by atoms with Crippen molar-refractivity contribution in [2.45, 2.75) is 0 Å². The van der Waals surface area contributed by atoms with Gasteiger partial charge in [0, 0.05) is 6.07 Å². The molecule has 0 bridgehead atoms. The number of nitrogens with zero attached hydrogens (tertiary/aromatic N) is 1. The van der Waals surface area contributed by atoms with Gasteiger partial charge in [0.1, 0.15) is 10.1 Å². The van der Waals surface area contributed by atoms with Crippen LogP contribution in [0.15, 0.2) is 24.3 Å². The number of aromatic hydroxyl groups is 1. The van der Waals surface area contributed by atoms with E-state index in [1.165, 1.54) is 12.1 Å². The Bertz CT molecular complexity index is 702. The van der Waals surface area contributed by atoms with E-state index in [-0.39, 0.29) is 21.3 Å². The Morgan fingerprint density at radius 2 is 2.05 bits per heavy atom. The van der Waals surface area contributed by atoms with Crippen LogP contribution in [0.25, 0.3) is 0 Å². The number of benzene rings is 1. The van der Waals surface area contributed by atoms with Gasteiger partial charge in [-0.15, -0.1) is 11.3 Å². The van der Waals surface area contributed by atoms with Crippen LogP contribution in [-0.4, -0.2) is 15.9 Å². The predicted molar refractivity (Wildman–Crippen MR) is 77.1 cm³/mol. The maximum absolute atomic E-state index is 11.9. The number of carbonyl (C=O) groups is 1. The molecular weight excluding hydrogens is 327 g/mol. The number of hydrogen-bond acceptors (Lipinski definition) is 5. The molecule has 0 aliphatic rings. The Morgan fingerprint density at radius 3 is 2.55 bits per heavy atom. The highest BCUT2D eigenvalue weighted by atomic mass is 35.5. The maximum atomic E-state index is 11.9. The molecule has 1 aromatic heterocycles. The van der Waals surface area contributed by atoms with Crippen molar-refractivity contribution >= 4 is 51.8 Å². The zero-order chi connectivity index (χ0) is 14.9. The standard InChI is InChI=1S/C11H6Cl2N2O4S/c12-9-4-6(10(13)20-9)11(17)14-7-2-1-5(15(18)19)3-8(7)16/h1-4,16H,(H,14,17). The van der Waals surface area contributed by atoms with Crippen molar-refractivity contribution in [2.75, 3.05) is 5.32 Å². The van der Waals surface area contributed by atoms with E-state index in [1.54, 1.807) is 0 Å². The third-order valence-corrected chi connectivity index (χ3v) is 3.83. The predicted octanol–water partition coefficient (Wildman–Crippen LogP) is 3.92. The third kappa shape index (κ3) is 3.01. The molecular formula is C11H6Cl2N2O4S. The second kappa shape index (κ2) is 5.66. The van der Waals surface area contributed by atoms with Gasteiger partial charge in [-0.3, -0.25) is 14.9 Å². The molecule has 1 amide bonds. The van der Waals surface area contributed by atoms with E-state index in [2.05, 4.69) is 5.32 Å². The number of rotatable bonds is 3. The molecule has 0 aliphatic carbocycles. The third-order valence-electron chi connectivity index (χ3n) is 2.34. The zero-order valence-electron chi connectivity index (χ0n) is 9.59. The first-order chi connectivity index (χ1) is 9.38. The lowest BCUT2D eigenvalue weighted by Crippen LogP contribution is -2.11. The fourth-order valence-electron chi connectivity index (χ4n) is 1.42. The number of nitro benzene ring substituents is 1. The summed E-state index contributed by atoms with van der Waals surface area (Å²) in [6, 6.07) is 4.73. The van der Waals surface area contributed by atoms with Crippen LogP contribution in [0.4, 0.5) is 11.4 Å². The molecule has 2 rings (SSSR count). The number of thiophene rings is 1. The molecule has 0 spiro atoms. The fourth-order valence-corrected chi connectivity index (χ4v) is 2.88. The highest BCUT2D eigenvalue weighted by Gasteiger charge is 2.17. The van der Waals surface area contributed by atoms with Crippen LogP contribution < -0.4 is 5.32 Å². The Hall–Kier alpha value is -1.83. The van der Waals surface area contributed by atoms with Gasteiger partial charge in [0.05, 0.1) is 26.6 Å². The van der Waals surface area contributed by atoms with E-state index in [4.69, 9.17) is 23.2 Å². The Morgan fingerprint density at radius 1 is 1.35 bits per heavy atom. The van der Waals surface area contributed by atoms with Crippen LogP contribution in [0, 0.1) is 10.1 Å². The number of hydrogen-bond donors (Lipinski definition) is 2. The van der Waals surface area contributed by atoms with Crippen molar-refractivity contribution in [2.24, 2.45) is 0 Å². The maximum Gasteiger partial charge on any atom is 0.273 e. The number of carbonyl (C=O) groups excluding carboxylic acids is 1. The molecule has 0 radical (unpaired) electrons. The van der Waals surface area contributed by atoms with Crippen LogP contribution in [0.3, 0.4) is 0 Å². The normalized spacial score (nSPS) is 10.3. The summed E-state index contributed by atoms with van der Waals surface area (Å²) in [5.74, 6) is -0.979. The summed E-state index contributed by atoms with van der Waals surface area (Å²) in [5.41, 5.74) is -0.0736. The Balaban J connectivity index is 2.24. The molecule has 0 saturated heterocycles. The quantitative estimate of drug-likeness (QED) is 0.506. The molecule has 20 heavy (non-hydrogen) atoms. The van der Waals surface area contributed by atoms with Gasteiger partial charge in [-0.2, -0.15) is 0 Å².